The highest BCUT2D eigenvalue weighted by atomic mass is 35.5. The molecular formula is C23H25ClN4O3. The highest BCUT2D eigenvalue weighted by molar-refractivity contribution is 6.30. The predicted molar refractivity (Wildman–Crippen MR) is 118 cm³/mol. The van der Waals surface area contributed by atoms with Gasteiger partial charge >= 0.3 is 0 Å². The van der Waals surface area contributed by atoms with Gasteiger partial charge in [0.05, 0.1) is 11.2 Å². The third-order valence-electron chi connectivity index (χ3n) is 6.46. The van der Waals surface area contributed by atoms with Crippen LogP contribution in [0.1, 0.15) is 41.4 Å². The number of hydrogen-bond donors (Lipinski definition) is 2. The van der Waals surface area contributed by atoms with Gasteiger partial charge in [0, 0.05) is 48.4 Å². The molecule has 162 valence electrons. The number of nitrogens with zero attached hydrogens (tertiary/aromatic N) is 2. The predicted octanol–water partition coefficient (Wildman–Crippen LogP) is 3.01. The average molecular weight is 441 g/mol. The Bertz CT molecular complexity index is 1010. The van der Waals surface area contributed by atoms with Gasteiger partial charge in [-0.1, -0.05) is 23.7 Å². The molecule has 2 amide bonds. The molecule has 7 nitrogen and oxygen atoms in total. The molecule has 2 aliphatic heterocycles. The molecule has 1 unspecified atom stereocenters. The van der Waals surface area contributed by atoms with E-state index in [1.165, 1.54) is 0 Å². The second-order valence-electron chi connectivity index (χ2n) is 8.50. The van der Waals surface area contributed by atoms with Crippen LogP contribution in [0.2, 0.25) is 5.02 Å². The smallest absolute Gasteiger partial charge is 0.253 e. The Morgan fingerprint density at radius 3 is 2.35 bits per heavy atom. The summed E-state index contributed by atoms with van der Waals surface area (Å²) >= 11 is 6.03. The van der Waals surface area contributed by atoms with Crippen LogP contribution in [0.3, 0.4) is 0 Å². The van der Waals surface area contributed by atoms with Crippen LogP contribution in [0.5, 0.6) is 5.75 Å². The summed E-state index contributed by atoms with van der Waals surface area (Å²) in [6, 6.07) is 12.9. The molecule has 0 spiro atoms. The van der Waals surface area contributed by atoms with Gasteiger partial charge in [0.25, 0.3) is 5.91 Å². The maximum absolute atomic E-state index is 12.9. The Labute approximate surface area is 186 Å². The molecule has 2 aromatic rings. The minimum atomic E-state index is -0.677. The van der Waals surface area contributed by atoms with Gasteiger partial charge in [-0.2, -0.15) is 0 Å². The van der Waals surface area contributed by atoms with Crippen molar-refractivity contribution in [2.75, 3.05) is 31.5 Å². The molecular weight excluding hydrogens is 416 g/mol. The molecule has 0 bridgehead atoms. The number of benzene rings is 2. The van der Waals surface area contributed by atoms with E-state index in [-0.39, 0.29) is 18.0 Å². The van der Waals surface area contributed by atoms with Gasteiger partial charge < -0.3 is 25.6 Å². The topological polar surface area (TPSA) is 87.9 Å². The van der Waals surface area contributed by atoms with Crippen molar-refractivity contribution in [1.29, 1.82) is 0 Å². The van der Waals surface area contributed by atoms with Crippen LogP contribution in [-0.2, 0) is 4.79 Å². The van der Waals surface area contributed by atoms with Gasteiger partial charge in [-0.05, 0) is 43.5 Å². The lowest BCUT2D eigenvalue weighted by atomic mass is 9.76. The van der Waals surface area contributed by atoms with Gasteiger partial charge in [-0.3, -0.25) is 9.59 Å². The number of rotatable bonds is 3. The summed E-state index contributed by atoms with van der Waals surface area (Å²) in [6.07, 6.45) is 2.21. The zero-order chi connectivity index (χ0) is 21.6. The summed E-state index contributed by atoms with van der Waals surface area (Å²) in [4.78, 5) is 29.1. The molecule has 3 aliphatic rings. The van der Waals surface area contributed by atoms with Gasteiger partial charge in [0.1, 0.15) is 5.75 Å². The fraction of sp³-hybridized carbons (Fsp3) is 0.391. The lowest BCUT2D eigenvalue weighted by Gasteiger charge is -2.43. The van der Waals surface area contributed by atoms with E-state index >= 15 is 0 Å². The van der Waals surface area contributed by atoms with Crippen LogP contribution in [-0.4, -0.2) is 53.3 Å². The molecule has 0 aromatic heterocycles. The van der Waals surface area contributed by atoms with Crippen LogP contribution < -0.4 is 15.8 Å². The summed E-state index contributed by atoms with van der Waals surface area (Å²) in [5.74, 6) is 0.716. The maximum atomic E-state index is 12.9. The normalized spacial score (nSPS) is 21.5. The summed E-state index contributed by atoms with van der Waals surface area (Å²) in [7, 11) is 0. The van der Waals surface area contributed by atoms with Crippen molar-refractivity contribution in [3.05, 3.63) is 58.6 Å². The molecule has 1 aliphatic carbocycles. The molecule has 31 heavy (non-hydrogen) atoms. The Hall–Kier alpha value is -2.77. The first-order chi connectivity index (χ1) is 14.9. The van der Waals surface area contributed by atoms with E-state index in [0.717, 1.165) is 30.5 Å². The largest absolute Gasteiger partial charge is 0.464 e. The van der Waals surface area contributed by atoms with Crippen molar-refractivity contribution in [2.24, 2.45) is 5.73 Å². The van der Waals surface area contributed by atoms with Crippen molar-refractivity contribution in [2.45, 2.75) is 31.0 Å². The van der Waals surface area contributed by atoms with Crippen LogP contribution in [0.4, 0.5) is 5.69 Å². The molecule has 1 saturated heterocycles. The summed E-state index contributed by atoms with van der Waals surface area (Å²) in [5, 5.41) is 3.93. The molecule has 1 saturated carbocycles. The Balaban J connectivity index is 1.19. The number of halogens is 1. The second kappa shape index (κ2) is 7.73. The maximum Gasteiger partial charge on any atom is 0.253 e. The van der Waals surface area contributed by atoms with E-state index in [9.17, 15) is 9.59 Å². The number of ether oxygens (including phenoxy) is 1. The van der Waals surface area contributed by atoms with E-state index in [4.69, 9.17) is 22.1 Å². The second-order valence-corrected chi connectivity index (χ2v) is 8.94. The number of nitrogens with two attached hydrogens (primary N) is 1. The molecule has 1 atom stereocenters. The van der Waals surface area contributed by atoms with Crippen molar-refractivity contribution < 1.29 is 14.3 Å². The third-order valence-corrected chi connectivity index (χ3v) is 6.70. The van der Waals surface area contributed by atoms with E-state index in [0.29, 0.717) is 42.5 Å². The fourth-order valence-corrected chi connectivity index (χ4v) is 4.51. The fourth-order valence-electron chi connectivity index (χ4n) is 4.34. The van der Waals surface area contributed by atoms with Crippen molar-refractivity contribution in [3.8, 4) is 5.75 Å². The van der Waals surface area contributed by atoms with Gasteiger partial charge in [0.2, 0.25) is 5.91 Å². The Kier molecular flexibility index (Phi) is 5.02. The number of nitrogens with one attached hydrogen (secondary N) is 1. The first-order valence-electron chi connectivity index (χ1n) is 10.6. The van der Waals surface area contributed by atoms with E-state index in [1.807, 2.05) is 36.4 Å². The number of amides is 2. The number of anilines is 1. The Morgan fingerprint density at radius 2 is 1.71 bits per heavy atom. The standard InChI is InChI=1S/C23H25ClN4O3/c24-17-6-7-18-19(14-17)31-20(26-18)15-2-4-16(5-3-15)21(29)27-10-12-28(13-11-27)22(30)23(25)8-1-9-23/h2-7,14,20,26H,1,8-13,25H2. The molecule has 2 fully saturated rings. The van der Waals surface area contributed by atoms with Gasteiger partial charge in [0.15, 0.2) is 6.23 Å². The zero-order valence-electron chi connectivity index (χ0n) is 17.1. The molecule has 5 rings (SSSR count). The molecule has 8 heteroatoms. The van der Waals surface area contributed by atoms with Crippen molar-refractivity contribution in [3.63, 3.8) is 0 Å². The van der Waals surface area contributed by atoms with E-state index in [1.54, 1.807) is 15.9 Å². The summed E-state index contributed by atoms with van der Waals surface area (Å²) in [5.41, 5.74) is 7.93. The molecule has 3 N–H and O–H groups in total. The lowest BCUT2D eigenvalue weighted by molar-refractivity contribution is -0.141. The molecule has 2 aromatic carbocycles. The summed E-state index contributed by atoms with van der Waals surface area (Å²) in [6.45, 7) is 2.10. The zero-order valence-corrected chi connectivity index (χ0v) is 17.9. The van der Waals surface area contributed by atoms with Crippen molar-refractivity contribution in [1.82, 2.24) is 9.80 Å². The van der Waals surface area contributed by atoms with Gasteiger partial charge in [-0.15, -0.1) is 0 Å². The van der Waals surface area contributed by atoms with Crippen LogP contribution >= 0.6 is 11.6 Å². The SMILES string of the molecule is NC1(C(=O)N2CCN(C(=O)c3ccc(C4Nc5ccc(Cl)cc5O4)cc3)CC2)CCC1. The van der Waals surface area contributed by atoms with Crippen LogP contribution in [0.25, 0.3) is 0 Å². The molecule has 2 heterocycles. The lowest BCUT2D eigenvalue weighted by Crippen LogP contribution is -2.62. The van der Waals surface area contributed by atoms with Crippen molar-refractivity contribution >= 4 is 29.1 Å². The minimum Gasteiger partial charge on any atom is -0.464 e. The highest BCUT2D eigenvalue weighted by Gasteiger charge is 2.43. The number of hydrogen-bond acceptors (Lipinski definition) is 5. The van der Waals surface area contributed by atoms with Crippen LogP contribution in [0.15, 0.2) is 42.5 Å². The third kappa shape index (κ3) is 3.72. The van der Waals surface area contributed by atoms with Crippen LogP contribution in [0, 0.1) is 0 Å². The van der Waals surface area contributed by atoms with E-state index in [2.05, 4.69) is 5.32 Å². The molecule has 0 radical (unpaired) electrons. The number of fused-ring (bicyclic) bond motifs is 1. The Morgan fingerprint density at radius 1 is 1.03 bits per heavy atom. The monoisotopic (exact) mass is 440 g/mol. The quantitative estimate of drug-likeness (QED) is 0.766. The summed E-state index contributed by atoms with van der Waals surface area (Å²) < 4.78 is 5.93. The number of piperazine rings is 1. The number of carbonyl (C=O) groups excluding carboxylic acids is 2. The van der Waals surface area contributed by atoms with E-state index < -0.39 is 5.54 Å². The average Bonchev–Trinajstić information content (AvgIpc) is 3.20. The minimum absolute atomic E-state index is 0.0277. The first kappa shape index (κ1) is 20.2. The highest BCUT2D eigenvalue weighted by Crippen LogP contribution is 2.39. The number of carbonyl (C=O) groups is 2. The first-order valence-corrected chi connectivity index (χ1v) is 11.0. The van der Waals surface area contributed by atoms with Gasteiger partial charge in [-0.25, -0.2) is 0 Å².